The minimum atomic E-state index is -0.827. The lowest BCUT2D eigenvalue weighted by Crippen LogP contribution is -2.03. The zero-order chi connectivity index (χ0) is 18.6. The van der Waals surface area contributed by atoms with Crippen LogP contribution in [0.3, 0.4) is 0 Å². The first-order valence-electron chi connectivity index (χ1n) is 10.1. The summed E-state index contributed by atoms with van der Waals surface area (Å²) in [5.41, 5.74) is 1.44. The fourth-order valence-corrected chi connectivity index (χ4v) is 3.63. The van der Waals surface area contributed by atoms with E-state index in [4.69, 9.17) is 5.11 Å². The highest BCUT2D eigenvalue weighted by atomic mass is 16.4. The van der Waals surface area contributed by atoms with Crippen LogP contribution in [0.25, 0.3) is 10.8 Å². The number of carboxylic acid groups (broad SMARTS) is 1. The van der Waals surface area contributed by atoms with Crippen molar-refractivity contribution in [1.82, 2.24) is 0 Å². The van der Waals surface area contributed by atoms with E-state index in [1.165, 1.54) is 38.5 Å². The van der Waals surface area contributed by atoms with Crippen LogP contribution < -0.4 is 0 Å². The van der Waals surface area contributed by atoms with Crippen molar-refractivity contribution in [2.24, 2.45) is 0 Å². The number of unbranched alkanes of at least 4 members (excludes halogenated alkanes) is 9. The van der Waals surface area contributed by atoms with Crippen LogP contribution in [0.2, 0.25) is 0 Å². The molecule has 0 aliphatic rings. The zero-order valence-corrected chi connectivity index (χ0v) is 15.8. The maximum absolute atomic E-state index is 11.6. The van der Waals surface area contributed by atoms with Crippen molar-refractivity contribution < 1.29 is 15.0 Å². The minimum absolute atomic E-state index is 0.320. The van der Waals surface area contributed by atoms with Gasteiger partial charge in [0.05, 0.1) is 5.56 Å². The standard InChI is InChI=1S/C23H32O3/c24-18-12-8-6-4-2-1-3-5-7-9-15-21-20-14-11-10-13-19(20)16-17-22(21)23(25)26/h10-11,13-14,16-17,24H,1-9,12,15,18H2,(H,25,26). The van der Waals surface area contributed by atoms with Crippen LogP contribution in [0, 0.1) is 0 Å². The van der Waals surface area contributed by atoms with Gasteiger partial charge >= 0.3 is 5.97 Å². The average molecular weight is 357 g/mol. The van der Waals surface area contributed by atoms with Crippen molar-refractivity contribution in [2.75, 3.05) is 6.61 Å². The molecule has 0 atom stereocenters. The normalized spacial score (nSPS) is 11.1. The molecule has 3 nitrogen and oxygen atoms in total. The first kappa shape index (κ1) is 20.4. The Balaban J connectivity index is 1.72. The highest BCUT2D eigenvalue weighted by molar-refractivity contribution is 5.97. The number of aliphatic hydroxyl groups is 1. The molecule has 3 heteroatoms. The van der Waals surface area contributed by atoms with Crippen molar-refractivity contribution in [3.8, 4) is 0 Å². The van der Waals surface area contributed by atoms with Gasteiger partial charge in [0, 0.05) is 6.61 Å². The van der Waals surface area contributed by atoms with Crippen LogP contribution >= 0.6 is 0 Å². The van der Waals surface area contributed by atoms with E-state index in [1.54, 1.807) is 6.07 Å². The van der Waals surface area contributed by atoms with Crippen molar-refractivity contribution in [2.45, 2.75) is 70.6 Å². The molecule has 0 aliphatic carbocycles. The quantitative estimate of drug-likeness (QED) is 0.434. The lowest BCUT2D eigenvalue weighted by atomic mass is 9.94. The third kappa shape index (κ3) is 6.45. The van der Waals surface area contributed by atoms with Crippen LogP contribution in [0.5, 0.6) is 0 Å². The van der Waals surface area contributed by atoms with Crippen LogP contribution in [0.15, 0.2) is 36.4 Å². The molecule has 2 aromatic carbocycles. The second kappa shape index (κ2) is 11.7. The zero-order valence-electron chi connectivity index (χ0n) is 15.8. The summed E-state index contributed by atoms with van der Waals surface area (Å²) in [5, 5.41) is 20.4. The van der Waals surface area contributed by atoms with Gasteiger partial charge in [-0.3, -0.25) is 0 Å². The fourth-order valence-electron chi connectivity index (χ4n) is 3.63. The number of carboxylic acids is 1. The summed E-state index contributed by atoms with van der Waals surface area (Å²) >= 11 is 0. The third-order valence-electron chi connectivity index (χ3n) is 5.11. The summed E-state index contributed by atoms with van der Waals surface area (Å²) in [5.74, 6) is -0.827. The topological polar surface area (TPSA) is 57.5 Å². The molecule has 0 aromatic heterocycles. The number of aromatic carboxylic acids is 1. The van der Waals surface area contributed by atoms with Gasteiger partial charge in [-0.2, -0.15) is 0 Å². The third-order valence-corrected chi connectivity index (χ3v) is 5.11. The molecule has 0 heterocycles. The molecule has 26 heavy (non-hydrogen) atoms. The number of carbonyl (C=O) groups is 1. The molecule has 0 saturated heterocycles. The summed E-state index contributed by atoms with van der Waals surface area (Å²) in [6, 6.07) is 11.7. The predicted molar refractivity (Wildman–Crippen MR) is 108 cm³/mol. The molecule has 0 unspecified atom stereocenters. The molecule has 2 aromatic rings. The molecular formula is C23H32O3. The van der Waals surface area contributed by atoms with Crippen LogP contribution in [-0.4, -0.2) is 22.8 Å². The number of aliphatic hydroxyl groups excluding tert-OH is 1. The Bertz CT molecular complexity index is 678. The summed E-state index contributed by atoms with van der Waals surface area (Å²) in [7, 11) is 0. The van der Waals surface area contributed by atoms with Crippen LogP contribution in [-0.2, 0) is 6.42 Å². The van der Waals surface area contributed by atoms with Crippen LogP contribution in [0.4, 0.5) is 0 Å². The smallest absolute Gasteiger partial charge is 0.335 e. The summed E-state index contributed by atoms with van der Waals surface area (Å²) in [6.07, 6.45) is 12.7. The number of fused-ring (bicyclic) bond motifs is 1. The summed E-state index contributed by atoms with van der Waals surface area (Å²) in [4.78, 5) is 11.6. The Morgan fingerprint density at radius 1 is 0.731 bits per heavy atom. The average Bonchev–Trinajstić information content (AvgIpc) is 2.65. The maximum Gasteiger partial charge on any atom is 0.335 e. The van der Waals surface area contributed by atoms with Gasteiger partial charge < -0.3 is 10.2 Å². The van der Waals surface area contributed by atoms with E-state index in [2.05, 4.69) is 0 Å². The van der Waals surface area contributed by atoms with Gasteiger partial charge in [0.15, 0.2) is 0 Å². The first-order chi connectivity index (χ1) is 12.7. The Morgan fingerprint density at radius 3 is 1.92 bits per heavy atom. The minimum Gasteiger partial charge on any atom is -0.478 e. The van der Waals surface area contributed by atoms with Gasteiger partial charge in [0.1, 0.15) is 0 Å². The number of rotatable bonds is 13. The lowest BCUT2D eigenvalue weighted by molar-refractivity contribution is 0.0696. The first-order valence-corrected chi connectivity index (χ1v) is 10.1. The molecule has 0 saturated carbocycles. The van der Waals surface area contributed by atoms with Gasteiger partial charge in [-0.25, -0.2) is 4.79 Å². The molecular weight excluding hydrogens is 324 g/mol. The predicted octanol–water partition coefficient (Wildman–Crippen LogP) is 5.97. The molecule has 2 rings (SSSR count). The van der Waals surface area contributed by atoms with E-state index < -0.39 is 5.97 Å². The van der Waals surface area contributed by atoms with E-state index in [-0.39, 0.29) is 0 Å². The van der Waals surface area contributed by atoms with Gasteiger partial charge in [-0.15, -0.1) is 0 Å². The maximum atomic E-state index is 11.6. The molecule has 0 fully saturated rings. The number of aryl methyl sites for hydroxylation is 1. The van der Waals surface area contributed by atoms with E-state index in [0.29, 0.717) is 12.2 Å². The molecule has 0 bridgehead atoms. The van der Waals surface area contributed by atoms with Gasteiger partial charge in [-0.05, 0) is 41.7 Å². The highest BCUT2D eigenvalue weighted by Gasteiger charge is 2.12. The molecule has 2 N–H and O–H groups in total. The fraction of sp³-hybridized carbons (Fsp3) is 0.522. The molecule has 0 aliphatic heterocycles. The largest absolute Gasteiger partial charge is 0.478 e. The van der Waals surface area contributed by atoms with Crippen molar-refractivity contribution in [3.05, 3.63) is 47.5 Å². The van der Waals surface area contributed by atoms with E-state index in [9.17, 15) is 9.90 Å². The van der Waals surface area contributed by atoms with Gasteiger partial charge in [0.25, 0.3) is 0 Å². The Hall–Kier alpha value is -1.87. The SMILES string of the molecule is O=C(O)c1ccc2ccccc2c1CCCCCCCCCCCCO. The van der Waals surface area contributed by atoms with Crippen molar-refractivity contribution in [1.29, 1.82) is 0 Å². The number of hydrogen-bond acceptors (Lipinski definition) is 2. The molecule has 0 spiro atoms. The Kier molecular flexibility index (Phi) is 9.19. The van der Waals surface area contributed by atoms with E-state index >= 15 is 0 Å². The highest BCUT2D eigenvalue weighted by Crippen LogP contribution is 2.25. The Morgan fingerprint density at radius 2 is 1.31 bits per heavy atom. The van der Waals surface area contributed by atoms with Gasteiger partial charge in [0.2, 0.25) is 0 Å². The summed E-state index contributed by atoms with van der Waals surface area (Å²) in [6.45, 7) is 0.320. The van der Waals surface area contributed by atoms with Gasteiger partial charge in [-0.1, -0.05) is 81.7 Å². The van der Waals surface area contributed by atoms with Crippen molar-refractivity contribution >= 4 is 16.7 Å². The molecule has 0 amide bonds. The van der Waals surface area contributed by atoms with Crippen LogP contribution in [0.1, 0.15) is 80.1 Å². The van der Waals surface area contributed by atoms with Crippen molar-refractivity contribution in [3.63, 3.8) is 0 Å². The Labute approximate surface area is 157 Å². The number of hydrogen-bond donors (Lipinski definition) is 2. The van der Waals surface area contributed by atoms with E-state index in [1.807, 2.05) is 30.3 Å². The second-order valence-electron chi connectivity index (χ2n) is 7.13. The molecule has 142 valence electrons. The lowest BCUT2D eigenvalue weighted by Gasteiger charge is -2.10. The molecule has 0 radical (unpaired) electrons. The second-order valence-corrected chi connectivity index (χ2v) is 7.13. The summed E-state index contributed by atoms with van der Waals surface area (Å²) < 4.78 is 0. The van der Waals surface area contributed by atoms with E-state index in [0.717, 1.165) is 48.4 Å². The monoisotopic (exact) mass is 356 g/mol. The number of benzene rings is 2.